The van der Waals surface area contributed by atoms with E-state index in [1.165, 1.54) is 0 Å². The zero-order valence-corrected chi connectivity index (χ0v) is 16.0. The van der Waals surface area contributed by atoms with E-state index in [4.69, 9.17) is 9.47 Å². The first kappa shape index (κ1) is 18.3. The normalized spacial score (nSPS) is 26.3. The first-order valence-corrected chi connectivity index (χ1v) is 9.58. The molecule has 3 aliphatic heterocycles. The first-order chi connectivity index (χ1) is 13.0. The standard InChI is InChI=1S/C19H28N4O4/c1-13-9-17-18(27-8-7-26-17)10-14(13)20-19(25)23-11-15(16(24)12-23)22-5-3-21(2)4-6-22/h9-10,15-16,24H,3-8,11-12H2,1-2H3,(H,20,25)/t15-,16-/m1/s1. The molecule has 4 rings (SSSR count). The number of urea groups is 1. The third kappa shape index (κ3) is 3.83. The van der Waals surface area contributed by atoms with Crippen LogP contribution in [0.2, 0.25) is 0 Å². The molecule has 2 amide bonds. The van der Waals surface area contributed by atoms with Gasteiger partial charge in [0.15, 0.2) is 11.5 Å². The van der Waals surface area contributed by atoms with Crippen molar-refractivity contribution in [3.63, 3.8) is 0 Å². The topological polar surface area (TPSA) is 77.5 Å². The van der Waals surface area contributed by atoms with Gasteiger partial charge in [-0.25, -0.2) is 4.79 Å². The number of amides is 2. The van der Waals surface area contributed by atoms with E-state index in [1.807, 2.05) is 19.1 Å². The summed E-state index contributed by atoms with van der Waals surface area (Å²) < 4.78 is 11.2. The van der Waals surface area contributed by atoms with E-state index in [9.17, 15) is 9.90 Å². The van der Waals surface area contributed by atoms with Gasteiger partial charge in [0, 0.05) is 44.5 Å². The van der Waals surface area contributed by atoms with E-state index < -0.39 is 6.10 Å². The highest BCUT2D eigenvalue weighted by molar-refractivity contribution is 5.91. The fourth-order valence-electron chi connectivity index (χ4n) is 3.97. The van der Waals surface area contributed by atoms with Crippen LogP contribution in [0.1, 0.15) is 5.56 Å². The number of piperazine rings is 1. The summed E-state index contributed by atoms with van der Waals surface area (Å²) in [6.07, 6.45) is -0.513. The predicted octanol–water partition coefficient (Wildman–Crippen LogP) is 0.591. The molecule has 3 heterocycles. The number of likely N-dealkylation sites (tertiary alicyclic amines) is 1. The van der Waals surface area contributed by atoms with Gasteiger partial charge in [-0.2, -0.15) is 0 Å². The van der Waals surface area contributed by atoms with Crippen LogP contribution in [0.3, 0.4) is 0 Å². The summed E-state index contributed by atoms with van der Waals surface area (Å²) in [6, 6.07) is 3.51. The predicted molar refractivity (Wildman–Crippen MR) is 102 cm³/mol. The molecule has 0 bridgehead atoms. The van der Waals surface area contributed by atoms with Crippen molar-refractivity contribution in [3.05, 3.63) is 17.7 Å². The number of likely N-dealkylation sites (N-methyl/N-ethyl adjacent to an activating group) is 1. The number of carbonyl (C=O) groups excluding carboxylic acids is 1. The largest absolute Gasteiger partial charge is 0.486 e. The monoisotopic (exact) mass is 376 g/mol. The Kier molecular flexibility index (Phi) is 5.12. The number of fused-ring (bicyclic) bond motifs is 1. The van der Waals surface area contributed by atoms with Crippen molar-refractivity contribution in [2.45, 2.75) is 19.1 Å². The van der Waals surface area contributed by atoms with E-state index in [0.29, 0.717) is 43.5 Å². The van der Waals surface area contributed by atoms with Crippen LogP contribution in [0.4, 0.5) is 10.5 Å². The number of aryl methyl sites for hydroxylation is 1. The number of nitrogens with one attached hydrogen (secondary N) is 1. The van der Waals surface area contributed by atoms with Gasteiger partial charge in [0.1, 0.15) is 13.2 Å². The summed E-state index contributed by atoms with van der Waals surface area (Å²) in [5.74, 6) is 1.36. The molecule has 2 fully saturated rings. The second-order valence-electron chi connectivity index (χ2n) is 7.62. The highest BCUT2D eigenvalue weighted by Gasteiger charge is 2.38. The molecule has 1 aromatic rings. The average molecular weight is 376 g/mol. The summed E-state index contributed by atoms with van der Waals surface area (Å²) in [4.78, 5) is 19.0. The van der Waals surface area contributed by atoms with Gasteiger partial charge in [-0.3, -0.25) is 4.90 Å². The number of aliphatic hydroxyl groups excluding tert-OH is 1. The Morgan fingerprint density at radius 3 is 2.48 bits per heavy atom. The number of β-amino-alcohol motifs (C(OH)–C–C–N with tert-alkyl or cyclic N) is 1. The molecule has 0 aromatic heterocycles. The number of hydrogen-bond acceptors (Lipinski definition) is 6. The maximum absolute atomic E-state index is 12.8. The maximum Gasteiger partial charge on any atom is 0.321 e. The SMILES string of the molecule is Cc1cc2c(cc1NC(=O)N1C[C@@H](O)[C@H](N3CCN(C)CC3)C1)OCCO2. The average Bonchev–Trinajstić information content (AvgIpc) is 3.05. The van der Waals surface area contributed by atoms with Crippen molar-refractivity contribution in [1.29, 1.82) is 0 Å². The van der Waals surface area contributed by atoms with E-state index in [0.717, 1.165) is 31.7 Å². The van der Waals surface area contributed by atoms with Gasteiger partial charge < -0.3 is 29.7 Å². The quantitative estimate of drug-likeness (QED) is 0.787. The molecule has 2 atom stereocenters. The molecule has 3 aliphatic rings. The second-order valence-corrected chi connectivity index (χ2v) is 7.62. The molecule has 8 heteroatoms. The lowest BCUT2D eigenvalue weighted by Gasteiger charge is -2.37. The van der Waals surface area contributed by atoms with Crippen LogP contribution in [-0.2, 0) is 0 Å². The van der Waals surface area contributed by atoms with Gasteiger partial charge in [-0.1, -0.05) is 0 Å². The van der Waals surface area contributed by atoms with Gasteiger partial charge in [0.25, 0.3) is 0 Å². The fraction of sp³-hybridized carbons (Fsp3) is 0.632. The van der Waals surface area contributed by atoms with Crippen molar-refractivity contribution in [2.75, 3.05) is 64.8 Å². The van der Waals surface area contributed by atoms with Crippen LogP contribution in [0.25, 0.3) is 0 Å². The Bertz CT molecular complexity index is 705. The Labute approximate surface area is 159 Å². The van der Waals surface area contributed by atoms with Crippen LogP contribution >= 0.6 is 0 Å². The molecule has 148 valence electrons. The minimum absolute atomic E-state index is 0.00538. The lowest BCUT2D eigenvalue weighted by atomic mass is 10.1. The van der Waals surface area contributed by atoms with Gasteiger partial charge in [0.2, 0.25) is 0 Å². The minimum atomic E-state index is -0.513. The molecule has 27 heavy (non-hydrogen) atoms. The molecule has 0 aliphatic carbocycles. The molecule has 0 saturated carbocycles. The Morgan fingerprint density at radius 1 is 1.11 bits per heavy atom. The molecule has 2 N–H and O–H groups in total. The minimum Gasteiger partial charge on any atom is -0.486 e. The molecular formula is C19H28N4O4. The molecular weight excluding hydrogens is 348 g/mol. The van der Waals surface area contributed by atoms with E-state index in [2.05, 4.69) is 22.2 Å². The zero-order chi connectivity index (χ0) is 19.0. The summed E-state index contributed by atoms with van der Waals surface area (Å²) in [5, 5.41) is 13.5. The summed E-state index contributed by atoms with van der Waals surface area (Å²) >= 11 is 0. The molecule has 0 radical (unpaired) electrons. The number of hydrogen-bond donors (Lipinski definition) is 2. The number of rotatable bonds is 2. The third-order valence-corrected chi connectivity index (χ3v) is 5.68. The number of anilines is 1. The van der Waals surface area contributed by atoms with E-state index in [1.54, 1.807) is 4.90 Å². The third-order valence-electron chi connectivity index (χ3n) is 5.68. The maximum atomic E-state index is 12.8. The zero-order valence-electron chi connectivity index (χ0n) is 16.0. The highest BCUT2D eigenvalue weighted by Crippen LogP contribution is 2.35. The van der Waals surface area contributed by atoms with Crippen LogP contribution < -0.4 is 14.8 Å². The summed E-state index contributed by atoms with van der Waals surface area (Å²) in [6.45, 7) is 7.71. The summed E-state index contributed by atoms with van der Waals surface area (Å²) in [7, 11) is 2.11. The number of carbonyl (C=O) groups is 1. The Morgan fingerprint density at radius 2 is 1.78 bits per heavy atom. The van der Waals surface area contributed by atoms with Gasteiger partial charge >= 0.3 is 6.03 Å². The molecule has 8 nitrogen and oxygen atoms in total. The van der Waals surface area contributed by atoms with Crippen molar-refractivity contribution in [3.8, 4) is 11.5 Å². The lowest BCUT2D eigenvalue weighted by Crippen LogP contribution is -2.52. The first-order valence-electron chi connectivity index (χ1n) is 9.58. The van der Waals surface area contributed by atoms with Crippen LogP contribution in [0.5, 0.6) is 11.5 Å². The molecule has 0 unspecified atom stereocenters. The van der Waals surface area contributed by atoms with Crippen molar-refractivity contribution in [1.82, 2.24) is 14.7 Å². The van der Waals surface area contributed by atoms with E-state index >= 15 is 0 Å². The van der Waals surface area contributed by atoms with E-state index in [-0.39, 0.29) is 12.1 Å². The number of aliphatic hydroxyl groups is 1. The van der Waals surface area contributed by atoms with Crippen molar-refractivity contribution >= 4 is 11.7 Å². The number of ether oxygens (including phenoxy) is 2. The highest BCUT2D eigenvalue weighted by atomic mass is 16.6. The van der Waals surface area contributed by atoms with Gasteiger partial charge in [-0.15, -0.1) is 0 Å². The van der Waals surface area contributed by atoms with Gasteiger partial charge in [0.05, 0.1) is 18.7 Å². The lowest BCUT2D eigenvalue weighted by molar-refractivity contribution is 0.0512. The smallest absolute Gasteiger partial charge is 0.321 e. The Balaban J connectivity index is 1.40. The van der Waals surface area contributed by atoms with Crippen molar-refractivity contribution < 1.29 is 19.4 Å². The van der Waals surface area contributed by atoms with Crippen molar-refractivity contribution in [2.24, 2.45) is 0 Å². The molecule has 0 spiro atoms. The fourth-order valence-corrected chi connectivity index (χ4v) is 3.97. The Hall–Kier alpha value is -2.03. The molecule has 1 aromatic carbocycles. The number of benzene rings is 1. The molecule has 2 saturated heterocycles. The van der Waals surface area contributed by atoms with Crippen LogP contribution in [0.15, 0.2) is 12.1 Å². The van der Waals surface area contributed by atoms with Crippen LogP contribution in [0, 0.1) is 6.92 Å². The van der Waals surface area contributed by atoms with Crippen LogP contribution in [-0.4, -0.2) is 97.5 Å². The summed E-state index contributed by atoms with van der Waals surface area (Å²) in [5.41, 5.74) is 1.63. The number of nitrogens with zero attached hydrogens (tertiary/aromatic N) is 3. The van der Waals surface area contributed by atoms with Gasteiger partial charge in [-0.05, 0) is 25.6 Å². The second kappa shape index (κ2) is 7.53.